The van der Waals surface area contributed by atoms with Gasteiger partial charge in [-0.15, -0.1) is 0 Å². The van der Waals surface area contributed by atoms with Crippen molar-refractivity contribution in [3.05, 3.63) is 48.3 Å². The van der Waals surface area contributed by atoms with Gasteiger partial charge in [0.05, 0.1) is 12.7 Å². The average Bonchev–Trinajstić information content (AvgIpc) is 3.23. The van der Waals surface area contributed by atoms with Crippen molar-refractivity contribution in [1.29, 1.82) is 0 Å². The normalized spacial score (nSPS) is 22.6. The van der Waals surface area contributed by atoms with Gasteiger partial charge in [0, 0.05) is 68.7 Å². The summed E-state index contributed by atoms with van der Waals surface area (Å²) >= 11 is 0. The van der Waals surface area contributed by atoms with Crippen LogP contribution in [0.25, 0.3) is 0 Å². The number of likely N-dealkylation sites (tertiary alicyclic amines) is 2. The fourth-order valence-corrected chi connectivity index (χ4v) is 4.52. The Labute approximate surface area is 165 Å². The molecule has 2 aliphatic rings. The van der Waals surface area contributed by atoms with Crippen molar-refractivity contribution >= 4 is 11.8 Å². The summed E-state index contributed by atoms with van der Waals surface area (Å²) in [5.74, 6) is 0.400. The van der Waals surface area contributed by atoms with Crippen LogP contribution in [-0.4, -0.2) is 62.7 Å². The van der Waals surface area contributed by atoms with Crippen molar-refractivity contribution < 1.29 is 9.59 Å². The molecular weight excluding hydrogens is 354 g/mol. The van der Waals surface area contributed by atoms with E-state index in [1.165, 1.54) is 0 Å². The Morgan fingerprint density at radius 3 is 2.82 bits per heavy atom. The van der Waals surface area contributed by atoms with Crippen LogP contribution < -0.4 is 0 Å². The molecule has 2 saturated heterocycles. The van der Waals surface area contributed by atoms with E-state index < -0.39 is 0 Å². The van der Waals surface area contributed by atoms with Crippen LogP contribution in [0.2, 0.25) is 0 Å². The topological polar surface area (TPSA) is 82.2 Å². The molecule has 1 N–H and O–H groups in total. The number of piperidine rings is 2. The summed E-state index contributed by atoms with van der Waals surface area (Å²) in [6.45, 7) is 3.02. The molecule has 1 atom stereocenters. The second kappa shape index (κ2) is 8.12. The molecule has 2 amide bonds. The number of aromatic amines is 1. The smallest absolute Gasteiger partial charge is 0.227 e. The molecule has 0 saturated carbocycles. The molecule has 0 unspecified atom stereocenters. The molecule has 148 valence electrons. The molecule has 28 heavy (non-hydrogen) atoms. The zero-order valence-corrected chi connectivity index (χ0v) is 16.1. The second-order valence-electron chi connectivity index (χ2n) is 8.09. The van der Waals surface area contributed by atoms with Crippen LogP contribution >= 0.6 is 0 Å². The monoisotopic (exact) mass is 381 g/mol. The van der Waals surface area contributed by atoms with E-state index >= 15 is 0 Å². The minimum Gasteiger partial charge on any atom is -0.348 e. The SMILES string of the molecule is O=C1CC[C@@]2(CCCN(C(=O)Cc3ccncc3)C2)CN1CCc1cnc[nH]1. The predicted molar refractivity (Wildman–Crippen MR) is 104 cm³/mol. The summed E-state index contributed by atoms with van der Waals surface area (Å²) in [5.41, 5.74) is 2.08. The van der Waals surface area contributed by atoms with Gasteiger partial charge in [-0.05, 0) is 37.0 Å². The first kappa shape index (κ1) is 18.7. The van der Waals surface area contributed by atoms with Crippen LogP contribution in [-0.2, 0) is 22.4 Å². The Hall–Kier alpha value is -2.70. The number of carbonyl (C=O) groups is 2. The van der Waals surface area contributed by atoms with Gasteiger partial charge in [0.25, 0.3) is 0 Å². The maximum absolute atomic E-state index is 12.8. The van der Waals surface area contributed by atoms with Crippen molar-refractivity contribution in [3.63, 3.8) is 0 Å². The largest absolute Gasteiger partial charge is 0.348 e. The van der Waals surface area contributed by atoms with Crippen molar-refractivity contribution in [2.75, 3.05) is 26.2 Å². The highest BCUT2D eigenvalue weighted by Gasteiger charge is 2.42. The van der Waals surface area contributed by atoms with Gasteiger partial charge in [0.2, 0.25) is 11.8 Å². The Kier molecular flexibility index (Phi) is 5.41. The molecule has 4 rings (SSSR count). The third-order valence-corrected chi connectivity index (χ3v) is 6.07. The third-order valence-electron chi connectivity index (χ3n) is 6.07. The standard InChI is InChI=1S/C21H27N5O2/c27-19-2-7-21(15-26(19)11-5-18-13-23-16-24-18)6-1-10-25(14-21)20(28)12-17-3-8-22-9-4-17/h3-4,8-9,13,16H,1-2,5-7,10-12,14-15H2,(H,23,24)/t21-/m1/s1. The molecule has 0 bridgehead atoms. The summed E-state index contributed by atoms with van der Waals surface area (Å²) in [4.78, 5) is 40.4. The molecular formula is C21H27N5O2. The first-order valence-electron chi connectivity index (χ1n) is 10.1. The van der Waals surface area contributed by atoms with Gasteiger partial charge in [-0.3, -0.25) is 14.6 Å². The number of H-pyrrole nitrogens is 1. The van der Waals surface area contributed by atoms with Crippen molar-refractivity contribution in [3.8, 4) is 0 Å². The highest BCUT2D eigenvalue weighted by molar-refractivity contribution is 5.79. The van der Waals surface area contributed by atoms with E-state index in [1.807, 2.05) is 28.1 Å². The van der Waals surface area contributed by atoms with Crippen LogP contribution in [0, 0.1) is 5.41 Å². The Morgan fingerprint density at radius 1 is 1.18 bits per heavy atom. The van der Waals surface area contributed by atoms with E-state index in [-0.39, 0.29) is 17.2 Å². The van der Waals surface area contributed by atoms with Gasteiger partial charge in [0.15, 0.2) is 0 Å². The number of nitrogens with zero attached hydrogens (tertiary/aromatic N) is 4. The van der Waals surface area contributed by atoms with E-state index in [2.05, 4.69) is 15.0 Å². The summed E-state index contributed by atoms with van der Waals surface area (Å²) in [6.07, 6.45) is 11.7. The second-order valence-corrected chi connectivity index (χ2v) is 8.09. The van der Waals surface area contributed by atoms with Gasteiger partial charge in [-0.1, -0.05) is 0 Å². The lowest BCUT2D eigenvalue weighted by molar-refractivity contribution is -0.142. The number of nitrogens with one attached hydrogen (secondary N) is 1. The molecule has 2 fully saturated rings. The molecule has 4 heterocycles. The molecule has 0 aromatic carbocycles. The van der Waals surface area contributed by atoms with Gasteiger partial charge >= 0.3 is 0 Å². The van der Waals surface area contributed by atoms with E-state index in [4.69, 9.17) is 0 Å². The van der Waals surface area contributed by atoms with Crippen LogP contribution in [0.3, 0.4) is 0 Å². The molecule has 7 nitrogen and oxygen atoms in total. The van der Waals surface area contributed by atoms with Crippen LogP contribution in [0.15, 0.2) is 37.1 Å². The first-order chi connectivity index (χ1) is 13.6. The zero-order chi connectivity index (χ0) is 19.4. The summed E-state index contributed by atoms with van der Waals surface area (Å²) in [6, 6.07) is 3.79. The minimum absolute atomic E-state index is 0.0358. The number of hydrogen-bond donors (Lipinski definition) is 1. The van der Waals surface area contributed by atoms with E-state index in [1.54, 1.807) is 18.7 Å². The van der Waals surface area contributed by atoms with Gasteiger partial charge < -0.3 is 14.8 Å². The van der Waals surface area contributed by atoms with Gasteiger partial charge in [0.1, 0.15) is 0 Å². The predicted octanol–water partition coefficient (Wildman–Crippen LogP) is 1.82. The number of pyridine rings is 1. The van der Waals surface area contributed by atoms with Crippen LogP contribution in [0.5, 0.6) is 0 Å². The number of carbonyl (C=O) groups excluding carboxylic acids is 2. The van der Waals surface area contributed by atoms with Crippen molar-refractivity contribution in [1.82, 2.24) is 24.8 Å². The van der Waals surface area contributed by atoms with Gasteiger partial charge in [-0.25, -0.2) is 4.98 Å². The summed E-state index contributed by atoms with van der Waals surface area (Å²) in [5, 5.41) is 0. The number of amides is 2. The fourth-order valence-electron chi connectivity index (χ4n) is 4.52. The summed E-state index contributed by atoms with van der Waals surface area (Å²) < 4.78 is 0. The highest BCUT2D eigenvalue weighted by atomic mass is 16.2. The van der Waals surface area contributed by atoms with Crippen LogP contribution in [0.1, 0.15) is 36.9 Å². The van der Waals surface area contributed by atoms with E-state index in [0.29, 0.717) is 19.4 Å². The molecule has 2 aromatic heterocycles. The molecule has 0 aliphatic carbocycles. The van der Waals surface area contributed by atoms with E-state index in [9.17, 15) is 9.59 Å². The minimum atomic E-state index is 0.0358. The molecule has 0 radical (unpaired) electrons. The Bertz CT molecular complexity index is 807. The molecule has 7 heteroatoms. The van der Waals surface area contributed by atoms with E-state index in [0.717, 1.165) is 56.6 Å². The fraction of sp³-hybridized carbons (Fsp3) is 0.524. The van der Waals surface area contributed by atoms with Crippen molar-refractivity contribution in [2.45, 2.75) is 38.5 Å². The maximum atomic E-state index is 12.8. The lowest BCUT2D eigenvalue weighted by Gasteiger charge is -2.48. The first-order valence-corrected chi connectivity index (χ1v) is 10.1. The lowest BCUT2D eigenvalue weighted by atomic mass is 9.73. The molecule has 1 spiro atoms. The zero-order valence-electron chi connectivity index (χ0n) is 16.1. The Balaban J connectivity index is 1.38. The quantitative estimate of drug-likeness (QED) is 0.857. The molecule has 2 aromatic rings. The number of imidazole rings is 1. The molecule has 2 aliphatic heterocycles. The summed E-state index contributed by atoms with van der Waals surface area (Å²) in [7, 11) is 0. The van der Waals surface area contributed by atoms with Gasteiger partial charge in [-0.2, -0.15) is 0 Å². The maximum Gasteiger partial charge on any atom is 0.227 e. The average molecular weight is 381 g/mol. The number of rotatable bonds is 5. The number of hydrogen-bond acceptors (Lipinski definition) is 4. The Morgan fingerprint density at radius 2 is 2.04 bits per heavy atom. The van der Waals surface area contributed by atoms with Crippen molar-refractivity contribution in [2.24, 2.45) is 5.41 Å². The lowest BCUT2D eigenvalue weighted by Crippen LogP contribution is -2.55. The number of aromatic nitrogens is 3. The highest BCUT2D eigenvalue weighted by Crippen LogP contribution is 2.39. The third kappa shape index (κ3) is 4.24. The van der Waals surface area contributed by atoms with Crippen LogP contribution in [0.4, 0.5) is 0 Å².